The van der Waals surface area contributed by atoms with E-state index in [1.54, 1.807) is 10.2 Å². The highest BCUT2D eigenvalue weighted by molar-refractivity contribution is 14.1. The van der Waals surface area contributed by atoms with Gasteiger partial charge in [0.25, 0.3) is 0 Å². The zero-order valence-corrected chi connectivity index (χ0v) is 11.4. The van der Waals surface area contributed by atoms with Crippen molar-refractivity contribution in [1.82, 2.24) is 0 Å². The second-order valence-corrected chi connectivity index (χ2v) is 3.45. The van der Waals surface area contributed by atoms with Crippen molar-refractivity contribution in [3.8, 4) is 0 Å². The fraction of sp³-hybridized carbons (Fsp3) is 0.571. The van der Waals surface area contributed by atoms with Crippen LogP contribution in [0.2, 0.25) is 0 Å². The lowest BCUT2D eigenvalue weighted by molar-refractivity contribution is -0.143. The molecule has 14 heavy (non-hydrogen) atoms. The molecule has 0 bridgehead atoms. The van der Waals surface area contributed by atoms with E-state index in [1.807, 2.05) is 22.6 Å². The smallest absolute Gasteiger partial charge is 0.308 e. The molecule has 0 N–H and O–H groups in total. The quantitative estimate of drug-likeness (QED) is 0.333. The van der Waals surface area contributed by atoms with Gasteiger partial charge in [-0.15, -0.1) is 0 Å². The molecule has 0 fully saturated rings. The van der Waals surface area contributed by atoms with Crippen LogP contribution in [-0.2, 0) is 17.9 Å². The van der Waals surface area contributed by atoms with Gasteiger partial charge in [-0.05, 0) is 36.0 Å². The lowest BCUT2D eigenvalue weighted by Crippen LogP contribution is -2.28. The summed E-state index contributed by atoms with van der Waals surface area (Å²) in [4.78, 5) is 11.0. The van der Waals surface area contributed by atoms with Crippen molar-refractivity contribution in [2.75, 3.05) is 7.11 Å². The second kappa shape index (κ2) is 8.84. The van der Waals surface area contributed by atoms with E-state index >= 15 is 0 Å². The van der Waals surface area contributed by atoms with Gasteiger partial charge in [-0.1, -0.05) is 22.6 Å². The van der Waals surface area contributed by atoms with Crippen molar-refractivity contribution in [1.29, 1.82) is 0 Å². The van der Waals surface area contributed by atoms with Gasteiger partial charge >= 0.3 is 5.97 Å². The van der Waals surface area contributed by atoms with Gasteiger partial charge in [0.2, 0.25) is 0 Å². The molecule has 0 amide bonds. The van der Waals surface area contributed by atoms with E-state index in [2.05, 4.69) is 30.6 Å². The molecule has 0 aliphatic heterocycles. The number of carbonyl (C=O) groups excluding carboxylic acids is 1. The molecule has 0 radical (unpaired) electrons. The maximum Gasteiger partial charge on any atom is 0.308 e. The molecule has 7 heteroatoms. The maximum absolute atomic E-state index is 11.0. The summed E-state index contributed by atoms with van der Waals surface area (Å²) < 4.78 is 15.8. The number of hydrogen-bond donors (Lipinski definition) is 2. The van der Waals surface area contributed by atoms with Gasteiger partial charge in [0.1, 0.15) is 12.2 Å². The number of carbonyl (C=O) groups is 1. The van der Waals surface area contributed by atoms with Gasteiger partial charge in [0.15, 0.2) is 0 Å². The molecule has 0 aliphatic rings. The molecular formula is C7H11IO4S2. The first-order chi connectivity index (χ1) is 6.69. The van der Waals surface area contributed by atoms with Gasteiger partial charge < -0.3 is 13.1 Å². The number of hydrogen-bond acceptors (Lipinski definition) is 6. The van der Waals surface area contributed by atoms with Crippen LogP contribution in [0.1, 0.15) is 6.42 Å². The van der Waals surface area contributed by atoms with Crippen LogP contribution in [0.4, 0.5) is 0 Å². The number of methoxy groups -OCH3 is 1. The van der Waals surface area contributed by atoms with Crippen LogP contribution in [-0.4, -0.2) is 25.3 Å². The second-order valence-electron chi connectivity index (χ2n) is 2.31. The van der Waals surface area contributed by atoms with Crippen LogP contribution in [0.5, 0.6) is 0 Å². The van der Waals surface area contributed by atoms with Crippen LogP contribution in [0.25, 0.3) is 0 Å². The highest BCUT2D eigenvalue weighted by Gasteiger charge is 2.23. The number of ether oxygens (including phenoxy) is 1. The molecule has 0 saturated heterocycles. The van der Waals surface area contributed by atoms with Crippen molar-refractivity contribution in [3.63, 3.8) is 0 Å². The van der Waals surface area contributed by atoms with E-state index in [4.69, 9.17) is 8.37 Å². The Kier molecular flexibility index (Phi) is 9.19. The summed E-state index contributed by atoms with van der Waals surface area (Å²) in [5.41, 5.74) is 0. The fourth-order valence-electron chi connectivity index (χ4n) is 0.760. The molecule has 0 heterocycles. The molecule has 0 aromatic rings. The summed E-state index contributed by atoms with van der Waals surface area (Å²) in [6, 6.07) is 0. The van der Waals surface area contributed by atoms with Gasteiger partial charge in [0.05, 0.1) is 13.5 Å². The van der Waals surface area contributed by atoms with Crippen molar-refractivity contribution >= 4 is 54.4 Å². The van der Waals surface area contributed by atoms with Crippen LogP contribution in [0.15, 0.2) is 10.2 Å². The molecule has 0 aromatic heterocycles. The maximum atomic E-state index is 11.0. The topological polar surface area (TPSA) is 44.8 Å². The van der Waals surface area contributed by atoms with E-state index in [1.165, 1.54) is 7.11 Å². The Morgan fingerprint density at radius 1 is 1.50 bits per heavy atom. The predicted octanol–water partition coefficient (Wildman–Crippen LogP) is 1.96. The minimum atomic E-state index is -0.519. The number of halogens is 1. The lowest BCUT2D eigenvalue weighted by atomic mass is 10.1. The summed E-state index contributed by atoms with van der Waals surface area (Å²) in [5.74, 6) is -0.388. The number of esters is 1. The Bertz CT molecular complexity index is 200. The Balaban J connectivity index is 4.28. The highest BCUT2D eigenvalue weighted by atomic mass is 127. The van der Waals surface area contributed by atoms with Crippen molar-refractivity contribution in [2.24, 2.45) is 0 Å². The van der Waals surface area contributed by atoms with Gasteiger partial charge in [-0.25, -0.2) is 0 Å². The molecule has 0 unspecified atom stereocenters. The molecule has 0 spiro atoms. The van der Waals surface area contributed by atoms with Crippen LogP contribution in [0, 0.1) is 0 Å². The van der Waals surface area contributed by atoms with E-state index in [0.29, 0.717) is 0 Å². The van der Waals surface area contributed by atoms with Gasteiger partial charge in [-0.3, -0.25) is 4.79 Å². The average molecular weight is 350 g/mol. The van der Waals surface area contributed by atoms with Crippen molar-refractivity contribution in [3.05, 3.63) is 10.2 Å². The van der Waals surface area contributed by atoms with Crippen molar-refractivity contribution < 1.29 is 17.9 Å². The SMILES string of the molecule is COC(=O)C[C@H](OS)[C@@H](/C=C/I)OS. The summed E-state index contributed by atoms with van der Waals surface area (Å²) in [6.45, 7) is 0. The highest BCUT2D eigenvalue weighted by Crippen LogP contribution is 2.14. The molecule has 2 atom stereocenters. The van der Waals surface area contributed by atoms with E-state index in [-0.39, 0.29) is 12.4 Å². The summed E-state index contributed by atoms with van der Waals surface area (Å²) >= 11 is 9.36. The Morgan fingerprint density at radius 3 is 2.50 bits per heavy atom. The van der Waals surface area contributed by atoms with E-state index < -0.39 is 12.2 Å². The molecule has 0 rings (SSSR count). The molecule has 0 aliphatic carbocycles. The van der Waals surface area contributed by atoms with Gasteiger partial charge in [-0.2, -0.15) is 0 Å². The minimum absolute atomic E-state index is 0.0617. The normalized spacial score (nSPS) is 15.4. The lowest BCUT2D eigenvalue weighted by Gasteiger charge is -2.18. The molecule has 82 valence electrons. The first kappa shape index (κ1) is 14.6. The molecule has 4 nitrogen and oxygen atoms in total. The first-order valence-corrected chi connectivity index (χ1v) is 5.61. The van der Waals surface area contributed by atoms with E-state index in [9.17, 15) is 4.79 Å². The largest absolute Gasteiger partial charge is 0.469 e. The fourth-order valence-corrected chi connectivity index (χ4v) is 1.57. The Labute approximate surface area is 108 Å². The molecule has 0 aromatic carbocycles. The Hall–Kier alpha value is 0.560. The molecular weight excluding hydrogens is 339 g/mol. The van der Waals surface area contributed by atoms with Crippen molar-refractivity contribution in [2.45, 2.75) is 18.6 Å². The van der Waals surface area contributed by atoms with Crippen LogP contribution in [0.3, 0.4) is 0 Å². The standard InChI is InChI=1S/C7H11IO4S2/c1-10-7(9)4-6(12-14)5(11-13)2-3-8/h2-3,5-6,13-14H,4H2,1H3/b3-2+/t5-,6+/m1/s1. The number of rotatable bonds is 6. The summed E-state index contributed by atoms with van der Waals surface area (Å²) in [5, 5.41) is 0. The van der Waals surface area contributed by atoms with Gasteiger partial charge in [0, 0.05) is 0 Å². The van der Waals surface area contributed by atoms with Crippen LogP contribution >= 0.6 is 48.4 Å². The predicted molar refractivity (Wildman–Crippen MR) is 67.5 cm³/mol. The molecule has 0 saturated carbocycles. The first-order valence-electron chi connectivity index (χ1n) is 3.63. The third-order valence-electron chi connectivity index (χ3n) is 1.48. The van der Waals surface area contributed by atoms with Crippen LogP contribution < -0.4 is 0 Å². The average Bonchev–Trinajstić information content (AvgIpc) is 2.22. The van der Waals surface area contributed by atoms with E-state index in [0.717, 1.165) is 0 Å². The zero-order valence-electron chi connectivity index (χ0n) is 7.42. The zero-order chi connectivity index (χ0) is 11.0. The third kappa shape index (κ3) is 5.44. The monoisotopic (exact) mass is 350 g/mol. The number of thiol groups is 2. The minimum Gasteiger partial charge on any atom is -0.469 e. The summed E-state index contributed by atoms with van der Waals surface area (Å²) in [7, 11) is 1.31. The Morgan fingerprint density at radius 2 is 2.14 bits per heavy atom. The summed E-state index contributed by atoms with van der Waals surface area (Å²) in [6.07, 6.45) is 0.810. The third-order valence-corrected chi connectivity index (χ3v) is 2.41.